The maximum absolute atomic E-state index is 12.9. The van der Waals surface area contributed by atoms with Crippen LogP contribution in [0.3, 0.4) is 0 Å². The molecule has 0 heterocycles. The number of aryl methyl sites for hydroxylation is 13. The van der Waals surface area contributed by atoms with Crippen LogP contribution in [0.15, 0.2) is 218 Å². The monoisotopic (exact) mass is 1960 g/mol. The predicted molar refractivity (Wildman–Crippen MR) is 558 cm³/mol. The fraction of sp³-hybridized carbons (Fsp3) is 0.304. The quantitative estimate of drug-likeness (QED) is 0.0186. The third-order valence-electron chi connectivity index (χ3n) is 22.4. The van der Waals surface area contributed by atoms with Crippen LogP contribution in [0.2, 0.25) is 0 Å². The second-order valence-corrected chi connectivity index (χ2v) is 34.0. The van der Waals surface area contributed by atoms with Crippen molar-refractivity contribution in [3.63, 3.8) is 0 Å². The SMILES string of the molecule is CCOc1ccc(COc2ccc(C)cc2C)c(NC(=O)NC)c1.CCc1ccc(COc2ccc(C)cc2C)c(NC(=O)NC)c1.CNC(=O)Nc1cc(C(F)(F)F)ccc1COc1ccc(C)cc1C.CNC(=O)Nc1cc(C(F)F)ccc1COc1ccc(C)cc1C.CNC(=O)Nc1cc(C2CC2)ccc1COc1ccc(C)cc1C.CNC(=O)Nc1cc(OC)ccc1COc1ccc(C)cc1C. The van der Waals surface area contributed by atoms with Gasteiger partial charge in [-0.15, -0.1) is 0 Å². The Labute approximate surface area is 835 Å². The molecule has 0 unspecified atom stereocenters. The summed E-state index contributed by atoms with van der Waals surface area (Å²) < 4.78 is 110. The Morgan fingerprint density at radius 1 is 0.308 bits per heavy atom. The van der Waals surface area contributed by atoms with Crippen molar-refractivity contribution in [2.24, 2.45) is 0 Å². The van der Waals surface area contributed by atoms with E-state index in [1.807, 2.05) is 184 Å². The first-order valence-electron chi connectivity index (χ1n) is 46.7. The van der Waals surface area contributed by atoms with E-state index in [1.165, 1.54) is 84.6 Å². The molecule has 12 aromatic rings. The van der Waals surface area contributed by atoms with Gasteiger partial charge in [0.1, 0.15) is 85.6 Å². The molecule has 31 heteroatoms. The fourth-order valence-electron chi connectivity index (χ4n) is 14.3. The molecule has 760 valence electrons. The number of rotatable bonds is 30. The predicted octanol–water partition coefficient (Wildman–Crippen LogP) is 25.6. The van der Waals surface area contributed by atoms with E-state index in [4.69, 9.17) is 37.9 Å². The zero-order valence-corrected chi connectivity index (χ0v) is 85.1. The molecular weight excluding hydrogens is 1830 g/mol. The Morgan fingerprint density at radius 3 is 0.853 bits per heavy atom. The van der Waals surface area contributed by atoms with Gasteiger partial charge in [-0.3, -0.25) is 0 Å². The molecule has 1 aliphatic carbocycles. The van der Waals surface area contributed by atoms with Crippen LogP contribution in [0.5, 0.6) is 46.0 Å². The van der Waals surface area contributed by atoms with Gasteiger partial charge in [0.05, 0.1) is 30.7 Å². The average Bonchev–Trinajstić information content (AvgIpc) is 1.63. The molecule has 0 radical (unpaired) electrons. The number of alkyl halides is 5. The molecule has 13 rings (SSSR count). The van der Waals surface area contributed by atoms with Crippen LogP contribution in [-0.2, 0) is 52.2 Å². The first kappa shape index (κ1) is 113. The molecule has 0 atom stereocenters. The zero-order chi connectivity index (χ0) is 105. The number of urea groups is 6. The van der Waals surface area contributed by atoms with Crippen molar-refractivity contribution in [1.29, 1.82) is 0 Å². The molecule has 12 N–H and O–H groups in total. The van der Waals surface area contributed by atoms with Crippen molar-refractivity contribution in [2.75, 3.05) is 87.9 Å². The number of hydrogen-bond donors (Lipinski definition) is 12. The molecule has 0 aliphatic heterocycles. The van der Waals surface area contributed by atoms with Crippen LogP contribution >= 0.6 is 0 Å². The summed E-state index contributed by atoms with van der Waals surface area (Å²) in [5.41, 5.74) is 22.8. The summed E-state index contributed by atoms with van der Waals surface area (Å²) in [6.45, 7) is 30.4. The van der Waals surface area contributed by atoms with Gasteiger partial charge >= 0.3 is 42.4 Å². The van der Waals surface area contributed by atoms with Crippen molar-refractivity contribution < 1.29 is 88.6 Å². The topological polar surface area (TPSA) is 321 Å². The second kappa shape index (κ2) is 55.9. The number of anilines is 6. The Kier molecular flexibility index (Phi) is 44.0. The number of amides is 12. The molecule has 0 aromatic heterocycles. The summed E-state index contributed by atoms with van der Waals surface area (Å²) in [7, 11) is 10.8. The van der Waals surface area contributed by atoms with Gasteiger partial charge in [-0.2, -0.15) is 13.2 Å². The van der Waals surface area contributed by atoms with E-state index in [2.05, 4.69) is 140 Å². The van der Waals surface area contributed by atoms with Crippen molar-refractivity contribution in [2.45, 2.75) is 174 Å². The maximum Gasteiger partial charge on any atom is 0.416 e. The fourth-order valence-corrected chi connectivity index (χ4v) is 14.3. The number of methoxy groups -OCH3 is 1. The molecule has 0 saturated heterocycles. The minimum absolute atomic E-state index is 0.0291. The molecular formula is C112H133F5N12O14. The molecule has 1 fully saturated rings. The summed E-state index contributed by atoms with van der Waals surface area (Å²) in [5.74, 6) is 6.77. The van der Waals surface area contributed by atoms with Crippen molar-refractivity contribution in [1.82, 2.24) is 31.9 Å². The zero-order valence-electron chi connectivity index (χ0n) is 85.1. The van der Waals surface area contributed by atoms with Gasteiger partial charge in [-0.05, 0) is 251 Å². The molecule has 12 amide bonds. The van der Waals surface area contributed by atoms with Gasteiger partial charge < -0.3 is 102 Å². The van der Waals surface area contributed by atoms with E-state index in [1.54, 1.807) is 53.5 Å². The van der Waals surface area contributed by atoms with Crippen LogP contribution < -0.4 is 102 Å². The van der Waals surface area contributed by atoms with Crippen LogP contribution in [0.4, 0.5) is 84.8 Å². The molecule has 143 heavy (non-hydrogen) atoms. The minimum Gasteiger partial charge on any atom is -0.497 e. The van der Waals surface area contributed by atoms with Crippen LogP contribution in [0.1, 0.15) is 161 Å². The highest BCUT2D eigenvalue weighted by atomic mass is 19.4. The van der Waals surface area contributed by atoms with Gasteiger partial charge in [0.2, 0.25) is 0 Å². The highest BCUT2D eigenvalue weighted by molar-refractivity contribution is 5.93. The van der Waals surface area contributed by atoms with Gasteiger partial charge in [0.25, 0.3) is 6.43 Å². The van der Waals surface area contributed by atoms with E-state index in [-0.39, 0.29) is 48.6 Å². The summed E-state index contributed by atoms with van der Waals surface area (Å²) in [4.78, 5) is 69.7. The Bertz CT molecular complexity index is 6070. The van der Waals surface area contributed by atoms with Crippen LogP contribution in [0, 0.1) is 83.1 Å². The van der Waals surface area contributed by atoms with E-state index < -0.39 is 30.2 Å². The number of carbonyl (C=O) groups is 6. The number of benzene rings is 12. The number of halogens is 5. The Balaban J connectivity index is 0.000000210. The number of carbonyl (C=O) groups excluding carboxylic acids is 6. The summed E-state index contributed by atoms with van der Waals surface area (Å²) in [6, 6.07) is 64.5. The van der Waals surface area contributed by atoms with E-state index in [0.717, 1.165) is 120 Å². The minimum atomic E-state index is -4.49. The molecule has 0 bridgehead atoms. The molecule has 12 aromatic carbocycles. The molecule has 1 saturated carbocycles. The lowest BCUT2D eigenvalue weighted by Gasteiger charge is -2.16. The van der Waals surface area contributed by atoms with Crippen LogP contribution in [0.25, 0.3) is 0 Å². The lowest BCUT2D eigenvalue weighted by molar-refractivity contribution is -0.137. The van der Waals surface area contributed by atoms with E-state index >= 15 is 0 Å². The number of ether oxygens (including phenoxy) is 8. The summed E-state index contributed by atoms with van der Waals surface area (Å²) in [5, 5.41) is 31.3. The standard InChI is InChI=1S/C20H24N2O2.C19H24N2O3.C19H24N2O2.C18H19F3N2O2.C18H20F2N2O2.C18H22N2O3/c1-13-4-9-19(14(2)10-13)24-12-17-8-7-16(15-5-6-15)11-18(17)22-20(23)21-3;1-5-23-16-8-7-15(17(11-16)21-19(22)20-4)12-24-18-9-6-13(2)10-14(18)3;1-5-15-7-8-16(17(11-15)21-19(22)20-4)12-23-18-9-6-13(2)10-14(18)3;1-11-4-7-16(12(2)8-11)25-10-13-5-6-14(18(19,20)21)9-15(13)23-17(24)22-3;1-11-4-7-16(12(2)8-11)24-10-14-6-5-13(17(19)20)9-15(14)22-18(23)21-3;1-12-5-8-17(13(2)9-12)23-11-14-6-7-15(22-4)10-16(14)20-18(21)19-3/h4,7-11,15H,5-6,12H2,1-3H3,(H2,21,22,23);6-11H,5,12H2,1-4H3,(H2,20,21,22);6-11H,5,12H2,1-4H3,(H2,20,21,22);4-9H,10H2,1-3H3,(H2,22,23,24);4-9,17H,10H2,1-3H3,(H2,21,22,23);5-10H,11H2,1-4H3,(H2,19,20,21). The number of nitrogens with one attached hydrogen (secondary N) is 12. The van der Waals surface area contributed by atoms with Crippen molar-refractivity contribution in [3.05, 3.63) is 341 Å². The third kappa shape index (κ3) is 36.8. The Hall–Kier alpha value is -15.7. The smallest absolute Gasteiger partial charge is 0.416 e. The van der Waals surface area contributed by atoms with Crippen molar-refractivity contribution >= 4 is 70.3 Å². The van der Waals surface area contributed by atoms with Gasteiger partial charge in [-0.1, -0.05) is 156 Å². The van der Waals surface area contributed by atoms with Gasteiger partial charge in [0.15, 0.2) is 0 Å². The normalized spacial score (nSPS) is 11.0. The summed E-state index contributed by atoms with van der Waals surface area (Å²) >= 11 is 0. The van der Waals surface area contributed by atoms with Crippen LogP contribution in [-0.4, -0.2) is 92.2 Å². The second-order valence-electron chi connectivity index (χ2n) is 34.0. The summed E-state index contributed by atoms with van der Waals surface area (Å²) in [6.07, 6.45) is -3.72. The highest BCUT2D eigenvalue weighted by Gasteiger charge is 2.32. The average molecular weight is 1970 g/mol. The molecule has 0 spiro atoms. The largest absolute Gasteiger partial charge is 0.497 e. The third-order valence-corrected chi connectivity index (χ3v) is 22.4. The van der Waals surface area contributed by atoms with Gasteiger partial charge in [-0.25, -0.2) is 37.5 Å². The van der Waals surface area contributed by atoms with Gasteiger partial charge in [0, 0.05) is 116 Å². The Morgan fingerprint density at radius 2 is 0.573 bits per heavy atom. The maximum atomic E-state index is 12.9. The first-order valence-corrected chi connectivity index (χ1v) is 46.7. The highest BCUT2D eigenvalue weighted by Crippen LogP contribution is 2.42. The lowest BCUT2D eigenvalue weighted by atomic mass is 10.1. The number of hydrogen-bond acceptors (Lipinski definition) is 14. The van der Waals surface area contributed by atoms with E-state index in [0.29, 0.717) is 90.1 Å². The van der Waals surface area contributed by atoms with E-state index in [9.17, 15) is 50.7 Å². The lowest BCUT2D eigenvalue weighted by Crippen LogP contribution is -2.25. The first-order chi connectivity index (χ1) is 68.3. The van der Waals surface area contributed by atoms with Crippen molar-refractivity contribution in [3.8, 4) is 46.0 Å². The molecule has 1 aliphatic rings. The molecule has 26 nitrogen and oxygen atoms in total.